The Balaban J connectivity index is 2.06. The largest absolute Gasteiger partial charge is 0.468 e. The molecule has 0 radical (unpaired) electrons. The zero-order valence-corrected chi connectivity index (χ0v) is 12.1. The first-order chi connectivity index (χ1) is 9.20. The third-order valence-electron chi connectivity index (χ3n) is 3.60. The number of ether oxygens (including phenoxy) is 1. The van der Waals surface area contributed by atoms with E-state index in [1.165, 1.54) is 7.11 Å². The minimum atomic E-state index is -0.544. The summed E-state index contributed by atoms with van der Waals surface area (Å²) in [5, 5.41) is 4.49. The van der Waals surface area contributed by atoms with Crippen LogP contribution in [0.1, 0.15) is 25.7 Å². The van der Waals surface area contributed by atoms with Crippen LogP contribution >= 0.6 is 11.8 Å². The van der Waals surface area contributed by atoms with Crippen molar-refractivity contribution in [3.8, 4) is 0 Å². The average Bonchev–Trinajstić information content (AvgIpc) is 2.47. The fourth-order valence-corrected chi connectivity index (χ4v) is 3.80. The number of nitrogens with one attached hydrogen (secondary N) is 1. The Labute approximate surface area is 117 Å². The van der Waals surface area contributed by atoms with Crippen LogP contribution in [0.4, 0.5) is 0 Å². The fourth-order valence-electron chi connectivity index (χ4n) is 2.55. The molecule has 1 aliphatic rings. The topological polar surface area (TPSA) is 64.1 Å². The maximum absolute atomic E-state index is 12.0. The third-order valence-corrected chi connectivity index (χ3v) is 4.82. The van der Waals surface area contributed by atoms with Gasteiger partial charge in [0.1, 0.15) is 11.9 Å². The molecule has 104 valence electrons. The van der Waals surface area contributed by atoms with Crippen molar-refractivity contribution in [3.63, 3.8) is 0 Å². The zero-order chi connectivity index (χ0) is 13.7. The van der Waals surface area contributed by atoms with Gasteiger partial charge in [-0.25, -0.2) is 9.97 Å². The van der Waals surface area contributed by atoms with Gasteiger partial charge in [-0.1, -0.05) is 0 Å². The first-order valence-corrected chi connectivity index (χ1v) is 7.28. The zero-order valence-electron chi connectivity index (χ0n) is 11.3. The highest BCUT2D eigenvalue weighted by Gasteiger charge is 2.42. The van der Waals surface area contributed by atoms with Crippen LogP contribution in [-0.4, -0.2) is 40.9 Å². The maximum atomic E-state index is 12.0. The smallest absolute Gasteiger partial charge is 0.326 e. The Morgan fingerprint density at radius 1 is 1.63 bits per heavy atom. The second-order valence-electron chi connectivity index (χ2n) is 4.71. The van der Waals surface area contributed by atoms with Crippen LogP contribution in [0.5, 0.6) is 0 Å². The molecule has 5 nitrogen and oxygen atoms in total. The SMILES string of the molecule is CNC1(C(=O)OC)CCCC(Sc2ccncn2)C1. The molecule has 0 saturated heterocycles. The minimum Gasteiger partial charge on any atom is -0.468 e. The highest BCUT2D eigenvalue weighted by Crippen LogP contribution is 2.38. The number of aromatic nitrogens is 2. The van der Waals surface area contributed by atoms with E-state index in [0.29, 0.717) is 5.25 Å². The highest BCUT2D eigenvalue weighted by atomic mass is 32.2. The number of likely N-dealkylation sites (N-methyl/N-ethyl adjacent to an activating group) is 1. The van der Waals surface area contributed by atoms with Crippen molar-refractivity contribution in [2.75, 3.05) is 14.2 Å². The lowest BCUT2D eigenvalue weighted by Crippen LogP contribution is -2.54. The van der Waals surface area contributed by atoms with Gasteiger partial charge in [-0.05, 0) is 38.8 Å². The number of rotatable bonds is 4. The van der Waals surface area contributed by atoms with E-state index in [-0.39, 0.29) is 5.97 Å². The van der Waals surface area contributed by atoms with Crippen LogP contribution in [-0.2, 0) is 9.53 Å². The summed E-state index contributed by atoms with van der Waals surface area (Å²) >= 11 is 1.71. The van der Waals surface area contributed by atoms with Crippen molar-refractivity contribution in [2.24, 2.45) is 0 Å². The molecule has 0 bridgehead atoms. The molecule has 1 aromatic heterocycles. The Hall–Kier alpha value is -1.14. The number of hydrogen-bond donors (Lipinski definition) is 1. The van der Waals surface area contributed by atoms with E-state index in [9.17, 15) is 4.79 Å². The second kappa shape index (κ2) is 6.34. The number of esters is 1. The van der Waals surface area contributed by atoms with Gasteiger partial charge in [-0.15, -0.1) is 11.8 Å². The number of thioether (sulfide) groups is 1. The molecule has 0 spiro atoms. The van der Waals surface area contributed by atoms with E-state index in [4.69, 9.17) is 4.74 Å². The van der Waals surface area contributed by atoms with Crippen molar-refractivity contribution in [2.45, 2.75) is 41.5 Å². The fraction of sp³-hybridized carbons (Fsp3) is 0.615. The van der Waals surface area contributed by atoms with Crippen LogP contribution in [0.15, 0.2) is 23.6 Å². The Morgan fingerprint density at radius 3 is 3.11 bits per heavy atom. The molecule has 1 aromatic rings. The molecular formula is C13H19N3O2S. The summed E-state index contributed by atoms with van der Waals surface area (Å²) in [4.78, 5) is 20.1. The van der Waals surface area contributed by atoms with Crippen molar-refractivity contribution in [1.82, 2.24) is 15.3 Å². The summed E-state index contributed by atoms with van der Waals surface area (Å²) in [6, 6.07) is 1.90. The van der Waals surface area contributed by atoms with E-state index in [1.807, 2.05) is 13.1 Å². The molecule has 0 aromatic carbocycles. The van der Waals surface area contributed by atoms with E-state index in [1.54, 1.807) is 24.3 Å². The molecule has 19 heavy (non-hydrogen) atoms. The van der Waals surface area contributed by atoms with Crippen molar-refractivity contribution >= 4 is 17.7 Å². The first-order valence-electron chi connectivity index (χ1n) is 6.40. The molecular weight excluding hydrogens is 262 g/mol. The standard InChI is InChI=1S/C13H19N3O2S/c1-14-13(12(17)18-2)6-3-4-10(8-13)19-11-5-7-15-9-16-11/h5,7,9-10,14H,3-4,6,8H2,1-2H3. The van der Waals surface area contributed by atoms with Crippen LogP contribution in [0.2, 0.25) is 0 Å². The molecule has 1 N–H and O–H groups in total. The van der Waals surface area contributed by atoms with Crippen molar-refractivity contribution in [3.05, 3.63) is 18.6 Å². The Bertz CT molecular complexity index is 429. The molecule has 1 aliphatic carbocycles. The van der Waals surface area contributed by atoms with Gasteiger partial charge in [-0.2, -0.15) is 0 Å². The molecule has 1 fully saturated rings. The molecule has 1 saturated carbocycles. The van der Waals surface area contributed by atoms with Gasteiger partial charge >= 0.3 is 5.97 Å². The predicted molar refractivity (Wildman–Crippen MR) is 74.0 cm³/mol. The van der Waals surface area contributed by atoms with Gasteiger partial charge < -0.3 is 10.1 Å². The molecule has 0 aliphatic heterocycles. The Morgan fingerprint density at radius 2 is 2.47 bits per heavy atom. The summed E-state index contributed by atoms with van der Waals surface area (Å²) in [5.74, 6) is -0.164. The average molecular weight is 281 g/mol. The van der Waals surface area contributed by atoms with Gasteiger partial charge in [0.25, 0.3) is 0 Å². The molecule has 0 amide bonds. The molecule has 1 heterocycles. The normalized spacial score (nSPS) is 26.9. The van der Waals surface area contributed by atoms with E-state index < -0.39 is 5.54 Å². The predicted octanol–water partition coefficient (Wildman–Crippen LogP) is 1.64. The monoisotopic (exact) mass is 281 g/mol. The summed E-state index contributed by atoms with van der Waals surface area (Å²) in [6.07, 6.45) is 7.00. The lowest BCUT2D eigenvalue weighted by molar-refractivity contribution is -0.149. The molecule has 2 rings (SSSR count). The maximum Gasteiger partial charge on any atom is 0.326 e. The van der Waals surface area contributed by atoms with Gasteiger partial charge in [0.2, 0.25) is 0 Å². The lowest BCUT2D eigenvalue weighted by Gasteiger charge is -2.37. The summed E-state index contributed by atoms with van der Waals surface area (Å²) < 4.78 is 4.95. The summed E-state index contributed by atoms with van der Waals surface area (Å²) in [5.41, 5.74) is -0.544. The molecule has 2 atom stereocenters. The molecule has 2 unspecified atom stereocenters. The van der Waals surface area contributed by atoms with Crippen molar-refractivity contribution < 1.29 is 9.53 Å². The van der Waals surface area contributed by atoms with Gasteiger partial charge in [0.15, 0.2) is 0 Å². The first kappa shape index (κ1) is 14.3. The number of nitrogens with zero attached hydrogens (tertiary/aromatic N) is 2. The van der Waals surface area contributed by atoms with Crippen LogP contribution < -0.4 is 5.32 Å². The van der Waals surface area contributed by atoms with Crippen LogP contribution in [0, 0.1) is 0 Å². The third kappa shape index (κ3) is 3.25. The number of methoxy groups -OCH3 is 1. The summed E-state index contributed by atoms with van der Waals surface area (Å²) in [7, 11) is 3.28. The molecule has 6 heteroatoms. The Kier molecular flexibility index (Phi) is 4.76. The number of carbonyl (C=O) groups excluding carboxylic acids is 1. The number of hydrogen-bond acceptors (Lipinski definition) is 6. The van der Waals surface area contributed by atoms with E-state index >= 15 is 0 Å². The second-order valence-corrected chi connectivity index (χ2v) is 6.03. The van der Waals surface area contributed by atoms with Crippen LogP contribution in [0.3, 0.4) is 0 Å². The van der Waals surface area contributed by atoms with Crippen molar-refractivity contribution in [1.29, 1.82) is 0 Å². The lowest BCUT2D eigenvalue weighted by atomic mass is 9.81. The van der Waals surface area contributed by atoms with Gasteiger partial charge in [0, 0.05) is 11.4 Å². The van der Waals surface area contributed by atoms with Gasteiger partial charge in [0.05, 0.1) is 12.1 Å². The minimum absolute atomic E-state index is 0.164. The number of carbonyl (C=O) groups is 1. The van der Waals surface area contributed by atoms with E-state index in [0.717, 1.165) is 30.7 Å². The van der Waals surface area contributed by atoms with E-state index in [2.05, 4.69) is 15.3 Å². The summed E-state index contributed by atoms with van der Waals surface area (Å²) in [6.45, 7) is 0. The quantitative estimate of drug-likeness (QED) is 0.668. The van der Waals surface area contributed by atoms with Crippen LogP contribution in [0.25, 0.3) is 0 Å². The van der Waals surface area contributed by atoms with Gasteiger partial charge in [-0.3, -0.25) is 4.79 Å². The highest BCUT2D eigenvalue weighted by molar-refractivity contribution is 7.99.